The molecule has 5 aromatic rings. The number of fused-ring (bicyclic) bond motifs is 1. The first kappa shape index (κ1) is 19.7. The third kappa shape index (κ3) is 3.43. The molecule has 0 spiro atoms. The van der Waals surface area contributed by atoms with E-state index in [0.717, 1.165) is 17.8 Å². The normalized spacial score (nSPS) is 11.2. The van der Waals surface area contributed by atoms with Crippen molar-refractivity contribution in [3.05, 3.63) is 66.0 Å². The molecule has 0 radical (unpaired) electrons. The Kier molecular flexibility index (Phi) is 4.78. The lowest BCUT2D eigenvalue weighted by molar-refractivity contribution is 0.102. The maximum absolute atomic E-state index is 13.4. The quantitative estimate of drug-likeness (QED) is 0.453. The molecule has 0 fully saturated rings. The summed E-state index contributed by atoms with van der Waals surface area (Å²) in [7, 11) is 1.82. The third-order valence-corrected chi connectivity index (χ3v) is 5.32. The second-order valence-electron chi connectivity index (χ2n) is 7.44. The number of nitrogens with zero attached hydrogens (tertiary/aromatic N) is 6. The number of anilines is 1. The van der Waals surface area contributed by atoms with Gasteiger partial charge in [-0.15, -0.1) is 0 Å². The van der Waals surface area contributed by atoms with Gasteiger partial charge in [0.2, 0.25) is 0 Å². The van der Waals surface area contributed by atoms with Crippen LogP contribution in [-0.4, -0.2) is 35.6 Å². The summed E-state index contributed by atoms with van der Waals surface area (Å²) in [6.45, 7) is 4.65. The second-order valence-corrected chi connectivity index (χ2v) is 7.44. The van der Waals surface area contributed by atoms with Crippen LogP contribution in [0.5, 0.6) is 0 Å². The maximum atomic E-state index is 13.4. The number of benzene rings is 1. The first-order valence-electron chi connectivity index (χ1n) is 10.2. The van der Waals surface area contributed by atoms with Crippen LogP contribution in [0.2, 0.25) is 0 Å². The van der Waals surface area contributed by atoms with E-state index in [0.29, 0.717) is 33.8 Å². The number of nitrogens with one attached hydrogen (secondary N) is 1. The van der Waals surface area contributed by atoms with Crippen molar-refractivity contribution in [2.24, 2.45) is 7.05 Å². The molecule has 5 rings (SSSR count). The molecule has 0 saturated carbocycles. The summed E-state index contributed by atoms with van der Waals surface area (Å²) in [5.41, 5.74) is 4.16. The van der Waals surface area contributed by atoms with Crippen molar-refractivity contribution < 1.29 is 9.32 Å². The number of hydrogen-bond acceptors (Lipinski definition) is 6. The summed E-state index contributed by atoms with van der Waals surface area (Å²) in [6, 6.07) is 15.0. The van der Waals surface area contributed by atoms with Crippen molar-refractivity contribution in [2.45, 2.75) is 20.4 Å². The van der Waals surface area contributed by atoms with Crippen LogP contribution >= 0.6 is 0 Å². The topological polar surface area (TPSA) is 104 Å². The number of aromatic nitrogens is 6. The molecule has 32 heavy (non-hydrogen) atoms. The van der Waals surface area contributed by atoms with E-state index in [1.807, 2.05) is 69.6 Å². The Balaban J connectivity index is 1.67. The zero-order valence-corrected chi connectivity index (χ0v) is 17.9. The van der Waals surface area contributed by atoms with Gasteiger partial charge in [0.25, 0.3) is 11.6 Å². The summed E-state index contributed by atoms with van der Waals surface area (Å²) in [4.78, 5) is 18.0. The molecular weight excluding hydrogens is 406 g/mol. The highest BCUT2D eigenvalue weighted by Gasteiger charge is 2.23. The summed E-state index contributed by atoms with van der Waals surface area (Å²) in [5, 5.41) is 16.5. The van der Waals surface area contributed by atoms with Gasteiger partial charge in [-0.2, -0.15) is 10.2 Å². The third-order valence-electron chi connectivity index (χ3n) is 5.32. The first-order chi connectivity index (χ1) is 15.5. The van der Waals surface area contributed by atoms with Gasteiger partial charge in [-0.25, -0.2) is 4.98 Å². The fourth-order valence-corrected chi connectivity index (χ4v) is 3.53. The van der Waals surface area contributed by atoms with Gasteiger partial charge in [0.05, 0.1) is 16.6 Å². The number of amides is 1. The van der Waals surface area contributed by atoms with Crippen LogP contribution < -0.4 is 5.32 Å². The highest BCUT2D eigenvalue weighted by molar-refractivity contribution is 6.15. The van der Waals surface area contributed by atoms with Crippen LogP contribution in [0.4, 0.5) is 5.82 Å². The average molecular weight is 427 g/mol. The minimum atomic E-state index is -0.327. The minimum absolute atomic E-state index is 0.273. The van der Waals surface area contributed by atoms with Crippen molar-refractivity contribution in [1.82, 2.24) is 29.7 Å². The average Bonchev–Trinajstić information content (AvgIpc) is 3.52. The fraction of sp³-hybridized carbons (Fsp3) is 0.174. The van der Waals surface area contributed by atoms with Crippen LogP contribution in [0, 0.1) is 6.92 Å². The van der Waals surface area contributed by atoms with Crippen molar-refractivity contribution in [3.63, 3.8) is 0 Å². The van der Waals surface area contributed by atoms with E-state index in [1.165, 1.54) is 0 Å². The van der Waals surface area contributed by atoms with Gasteiger partial charge in [0, 0.05) is 37.1 Å². The largest absolute Gasteiger partial charge is 0.335 e. The molecule has 0 unspecified atom stereocenters. The van der Waals surface area contributed by atoms with Crippen LogP contribution in [0.1, 0.15) is 23.0 Å². The highest BCUT2D eigenvalue weighted by atomic mass is 16.5. The van der Waals surface area contributed by atoms with E-state index < -0.39 is 0 Å². The van der Waals surface area contributed by atoms with Crippen molar-refractivity contribution >= 4 is 22.8 Å². The fourth-order valence-electron chi connectivity index (χ4n) is 3.53. The number of rotatable bonds is 5. The molecule has 0 aliphatic carbocycles. The van der Waals surface area contributed by atoms with Crippen LogP contribution in [0.15, 0.2) is 59.3 Å². The Morgan fingerprint density at radius 3 is 2.59 bits per heavy atom. The van der Waals surface area contributed by atoms with Crippen molar-refractivity contribution in [3.8, 4) is 22.6 Å². The predicted molar refractivity (Wildman–Crippen MR) is 120 cm³/mol. The molecule has 0 bridgehead atoms. The zero-order valence-electron chi connectivity index (χ0n) is 17.9. The van der Waals surface area contributed by atoms with Gasteiger partial charge in [0.1, 0.15) is 11.4 Å². The monoisotopic (exact) mass is 427 g/mol. The van der Waals surface area contributed by atoms with Crippen LogP contribution in [0.25, 0.3) is 33.7 Å². The highest BCUT2D eigenvalue weighted by Crippen LogP contribution is 2.32. The molecule has 0 atom stereocenters. The number of aryl methyl sites for hydroxylation is 3. The van der Waals surface area contributed by atoms with E-state index in [-0.39, 0.29) is 11.6 Å². The molecular formula is C23H21N7O2. The molecule has 160 valence electrons. The number of carbonyl (C=O) groups is 1. The van der Waals surface area contributed by atoms with E-state index >= 15 is 0 Å². The lowest BCUT2D eigenvalue weighted by Crippen LogP contribution is -2.14. The van der Waals surface area contributed by atoms with Gasteiger partial charge < -0.3 is 9.84 Å². The minimum Gasteiger partial charge on any atom is -0.335 e. The Bertz CT molecular complexity index is 1410. The van der Waals surface area contributed by atoms with Gasteiger partial charge in [-0.3, -0.25) is 14.2 Å². The second kappa shape index (κ2) is 7.77. The van der Waals surface area contributed by atoms with Gasteiger partial charge in [-0.1, -0.05) is 35.5 Å². The lowest BCUT2D eigenvalue weighted by atomic mass is 10.0. The first-order valence-corrected chi connectivity index (χ1v) is 10.2. The molecule has 9 nitrogen and oxygen atoms in total. The molecule has 0 saturated heterocycles. The Morgan fingerprint density at radius 1 is 1.09 bits per heavy atom. The van der Waals surface area contributed by atoms with E-state index in [1.54, 1.807) is 15.4 Å². The Morgan fingerprint density at radius 2 is 1.91 bits per heavy atom. The summed E-state index contributed by atoms with van der Waals surface area (Å²) in [5.74, 6) is 0.140. The number of pyridine rings is 1. The van der Waals surface area contributed by atoms with Crippen molar-refractivity contribution in [1.29, 1.82) is 0 Å². The maximum Gasteiger partial charge on any atom is 0.259 e. The SMILES string of the molecule is CCn1ccc(-c2cc(C(=O)Nc3cc(C)n(C)n3)c3c(-c4ccccc4)noc3n2)n1. The smallest absolute Gasteiger partial charge is 0.259 e. The standard InChI is InChI=1S/C23H21N7O2/c1-4-30-11-10-17(26-30)18-13-16(22(31)25-19-12-14(2)29(3)27-19)20-21(28-32-23(20)24-18)15-8-6-5-7-9-15/h5-13H,4H2,1-3H3,(H,25,27,31). The van der Waals surface area contributed by atoms with Gasteiger partial charge >= 0.3 is 0 Å². The zero-order chi connectivity index (χ0) is 22.2. The number of hydrogen-bond donors (Lipinski definition) is 1. The summed E-state index contributed by atoms with van der Waals surface area (Å²) in [6.07, 6.45) is 1.87. The summed E-state index contributed by atoms with van der Waals surface area (Å²) >= 11 is 0. The molecule has 1 amide bonds. The Hall–Kier alpha value is -4.27. The molecule has 1 N–H and O–H groups in total. The molecule has 4 heterocycles. The summed E-state index contributed by atoms with van der Waals surface area (Å²) < 4.78 is 9.07. The van der Waals surface area contributed by atoms with Crippen molar-refractivity contribution in [2.75, 3.05) is 5.32 Å². The molecule has 1 aromatic carbocycles. The predicted octanol–water partition coefficient (Wildman–Crippen LogP) is 4.07. The molecule has 4 aromatic heterocycles. The van der Waals surface area contributed by atoms with E-state index in [2.05, 4.69) is 25.7 Å². The van der Waals surface area contributed by atoms with Crippen LogP contribution in [-0.2, 0) is 13.6 Å². The number of carbonyl (C=O) groups excluding carboxylic acids is 1. The van der Waals surface area contributed by atoms with Gasteiger partial charge in [-0.05, 0) is 26.0 Å². The lowest BCUT2D eigenvalue weighted by Gasteiger charge is -2.07. The molecule has 9 heteroatoms. The van der Waals surface area contributed by atoms with Gasteiger partial charge in [0.15, 0.2) is 5.82 Å². The van der Waals surface area contributed by atoms with E-state index in [9.17, 15) is 4.79 Å². The molecule has 0 aliphatic rings. The molecule has 0 aliphatic heterocycles. The van der Waals surface area contributed by atoms with E-state index in [4.69, 9.17) is 4.52 Å². The Labute approximate surface area is 183 Å². The van der Waals surface area contributed by atoms with Crippen LogP contribution in [0.3, 0.4) is 0 Å².